The van der Waals surface area contributed by atoms with Gasteiger partial charge in [-0.1, -0.05) is 66.2 Å². The van der Waals surface area contributed by atoms with E-state index in [2.05, 4.69) is 15.5 Å². The summed E-state index contributed by atoms with van der Waals surface area (Å²) in [5.41, 5.74) is 3.31. The van der Waals surface area contributed by atoms with Crippen LogP contribution in [0.5, 0.6) is 0 Å². The summed E-state index contributed by atoms with van der Waals surface area (Å²) in [6.07, 6.45) is 0. The van der Waals surface area contributed by atoms with Crippen LogP contribution in [0, 0.1) is 6.92 Å². The second-order valence-electron chi connectivity index (χ2n) is 6.50. The van der Waals surface area contributed by atoms with Crippen LogP contribution in [-0.2, 0) is 0 Å². The van der Waals surface area contributed by atoms with Crippen molar-refractivity contribution in [1.82, 2.24) is 15.5 Å². The SMILES string of the molecule is Cc1cccc(C(=O)NC(c2ccccc2)c2nnc(-c3ccccc3)o2)c1. The first-order valence-electron chi connectivity index (χ1n) is 9.02. The van der Waals surface area contributed by atoms with Gasteiger partial charge in [-0.2, -0.15) is 0 Å². The Bertz CT molecular complexity index is 1080. The third kappa shape index (κ3) is 3.83. The highest BCUT2D eigenvalue weighted by Gasteiger charge is 2.24. The molecule has 0 radical (unpaired) electrons. The number of carbonyl (C=O) groups is 1. The maximum absolute atomic E-state index is 12.8. The highest BCUT2D eigenvalue weighted by molar-refractivity contribution is 5.94. The van der Waals surface area contributed by atoms with Gasteiger partial charge in [0, 0.05) is 11.1 Å². The molecule has 0 bridgehead atoms. The number of carbonyl (C=O) groups excluding carboxylic acids is 1. The smallest absolute Gasteiger partial charge is 0.252 e. The Labute approximate surface area is 163 Å². The van der Waals surface area contributed by atoms with E-state index in [1.54, 1.807) is 6.07 Å². The Morgan fingerprint density at radius 1 is 0.893 bits per heavy atom. The molecule has 0 saturated heterocycles. The van der Waals surface area contributed by atoms with Crippen molar-refractivity contribution < 1.29 is 9.21 Å². The van der Waals surface area contributed by atoms with E-state index in [4.69, 9.17) is 4.42 Å². The lowest BCUT2D eigenvalue weighted by Gasteiger charge is -2.16. The highest BCUT2D eigenvalue weighted by atomic mass is 16.4. The zero-order valence-electron chi connectivity index (χ0n) is 15.4. The Kier molecular flexibility index (Phi) is 4.97. The molecule has 0 aliphatic rings. The van der Waals surface area contributed by atoms with E-state index in [0.717, 1.165) is 16.7 Å². The molecule has 1 heterocycles. The average molecular weight is 369 g/mol. The molecular formula is C23H19N3O2. The lowest BCUT2D eigenvalue weighted by atomic mass is 10.1. The minimum Gasteiger partial charge on any atom is -0.418 e. The molecule has 0 aliphatic heterocycles. The number of benzene rings is 3. The third-order valence-electron chi connectivity index (χ3n) is 4.40. The zero-order valence-corrected chi connectivity index (χ0v) is 15.4. The molecule has 5 heteroatoms. The highest BCUT2D eigenvalue weighted by Crippen LogP contribution is 2.25. The summed E-state index contributed by atoms with van der Waals surface area (Å²) in [5.74, 6) is 0.560. The summed E-state index contributed by atoms with van der Waals surface area (Å²) in [7, 11) is 0. The lowest BCUT2D eigenvalue weighted by molar-refractivity contribution is 0.0938. The molecule has 138 valence electrons. The molecule has 1 aromatic heterocycles. The molecule has 4 rings (SSSR count). The number of aromatic nitrogens is 2. The molecular weight excluding hydrogens is 350 g/mol. The molecule has 0 spiro atoms. The fraction of sp³-hybridized carbons (Fsp3) is 0.0870. The Hall–Kier alpha value is -3.73. The minimum atomic E-state index is -0.542. The van der Waals surface area contributed by atoms with Crippen molar-refractivity contribution in [2.45, 2.75) is 13.0 Å². The Balaban J connectivity index is 1.67. The van der Waals surface area contributed by atoms with E-state index < -0.39 is 6.04 Å². The minimum absolute atomic E-state index is 0.197. The number of hydrogen-bond acceptors (Lipinski definition) is 4. The van der Waals surface area contributed by atoms with Crippen LogP contribution in [0.2, 0.25) is 0 Å². The first-order valence-corrected chi connectivity index (χ1v) is 9.02. The van der Waals surface area contributed by atoms with Crippen molar-refractivity contribution >= 4 is 5.91 Å². The van der Waals surface area contributed by atoms with E-state index >= 15 is 0 Å². The van der Waals surface area contributed by atoms with Gasteiger partial charge in [-0.3, -0.25) is 4.79 Å². The van der Waals surface area contributed by atoms with Crippen molar-refractivity contribution in [2.75, 3.05) is 0 Å². The molecule has 1 unspecified atom stereocenters. The summed E-state index contributed by atoms with van der Waals surface area (Å²) in [4.78, 5) is 12.8. The average Bonchev–Trinajstić information content (AvgIpc) is 3.23. The van der Waals surface area contributed by atoms with E-state index in [1.807, 2.05) is 85.8 Å². The number of aryl methyl sites for hydroxylation is 1. The van der Waals surface area contributed by atoms with E-state index in [9.17, 15) is 4.79 Å². The zero-order chi connectivity index (χ0) is 19.3. The van der Waals surface area contributed by atoms with Gasteiger partial charge in [-0.25, -0.2) is 0 Å². The van der Waals surface area contributed by atoms with Crippen molar-refractivity contribution in [2.24, 2.45) is 0 Å². The van der Waals surface area contributed by atoms with Crippen LogP contribution in [0.25, 0.3) is 11.5 Å². The normalized spacial score (nSPS) is 11.8. The molecule has 0 fully saturated rings. The molecule has 3 aromatic carbocycles. The molecule has 1 amide bonds. The van der Waals surface area contributed by atoms with Crippen LogP contribution in [-0.4, -0.2) is 16.1 Å². The van der Waals surface area contributed by atoms with Gasteiger partial charge in [0.2, 0.25) is 11.8 Å². The van der Waals surface area contributed by atoms with Gasteiger partial charge in [0.05, 0.1) is 0 Å². The van der Waals surface area contributed by atoms with Gasteiger partial charge in [-0.05, 0) is 36.8 Å². The first-order chi connectivity index (χ1) is 13.7. The van der Waals surface area contributed by atoms with Crippen molar-refractivity contribution in [3.8, 4) is 11.5 Å². The number of amides is 1. The second-order valence-corrected chi connectivity index (χ2v) is 6.50. The van der Waals surface area contributed by atoms with Crippen molar-refractivity contribution in [3.63, 3.8) is 0 Å². The van der Waals surface area contributed by atoms with Gasteiger partial charge < -0.3 is 9.73 Å². The second kappa shape index (κ2) is 7.88. The molecule has 5 nitrogen and oxygen atoms in total. The third-order valence-corrected chi connectivity index (χ3v) is 4.40. The molecule has 4 aromatic rings. The van der Waals surface area contributed by atoms with Crippen LogP contribution < -0.4 is 5.32 Å². The van der Waals surface area contributed by atoms with Gasteiger partial charge in [0.15, 0.2) is 0 Å². The Morgan fingerprint density at radius 2 is 1.61 bits per heavy atom. The number of rotatable bonds is 5. The van der Waals surface area contributed by atoms with Crippen molar-refractivity contribution in [3.05, 3.63) is 108 Å². The number of nitrogens with one attached hydrogen (secondary N) is 1. The van der Waals surface area contributed by atoms with Crippen LogP contribution in [0.15, 0.2) is 89.3 Å². The molecule has 0 aliphatic carbocycles. The lowest BCUT2D eigenvalue weighted by Crippen LogP contribution is -2.29. The van der Waals surface area contributed by atoms with Crippen LogP contribution >= 0.6 is 0 Å². The standard InChI is InChI=1S/C23H19N3O2/c1-16-9-8-14-19(15-16)21(27)24-20(17-10-4-2-5-11-17)23-26-25-22(28-23)18-12-6-3-7-13-18/h2-15,20H,1H3,(H,24,27). The first kappa shape index (κ1) is 17.7. The van der Waals surface area contributed by atoms with E-state index in [0.29, 0.717) is 17.3 Å². The number of hydrogen-bond donors (Lipinski definition) is 1. The number of nitrogens with zero attached hydrogens (tertiary/aromatic N) is 2. The summed E-state index contributed by atoms with van der Waals surface area (Å²) < 4.78 is 5.91. The molecule has 1 N–H and O–H groups in total. The van der Waals surface area contributed by atoms with Crippen molar-refractivity contribution in [1.29, 1.82) is 0 Å². The van der Waals surface area contributed by atoms with Gasteiger partial charge in [0.1, 0.15) is 6.04 Å². The molecule has 28 heavy (non-hydrogen) atoms. The van der Waals surface area contributed by atoms with Gasteiger partial charge in [0.25, 0.3) is 5.91 Å². The van der Waals surface area contributed by atoms with Crippen LogP contribution in [0.3, 0.4) is 0 Å². The van der Waals surface area contributed by atoms with Crippen LogP contribution in [0.4, 0.5) is 0 Å². The topological polar surface area (TPSA) is 68.0 Å². The monoisotopic (exact) mass is 369 g/mol. The maximum Gasteiger partial charge on any atom is 0.252 e. The fourth-order valence-corrected chi connectivity index (χ4v) is 2.98. The largest absolute Gasteiger partial charge is 0.418 e. The van der Waals surface area contributed by atoms with E-state index in [1.165, 1.54) is 0 Å². The summed E-state index contributed by atoms with van der Waals surface area (Å²) in [6.45, 7) is 1.95. The Morgan fingerprint density at radius 3 is 2.32 bits per heavy atom. The summed E-state index contributed by atoms with van der Waals surface area (Å²) in [6, 6.07) is 26.1. The fourth-order valence-electron chi connectivity index (χ4n) is 2.98. The van der Waals surface area contributed by atoms with Gasteiger partial charge >= 0.3 is 0 Å². The predicted octanol–water partition coefficient (Wildman–Crippen LogP) is 4.56. The van der Waals surface area contributed by atoms with E-state index in [-0.39, 0.29) is 5.91 Å². The predicted molar refractivity (Wildman–Crippen MR) is 107 cm³/mol. The summed E-state index contributed by atoms with van der Waals surface area (Å²) >= 11 is 0. The summed E-state index contributed by atoms with van der Waals surface area (Å²) in [5, 5.41) is 11.4. The van der Waals surface area contributed by atoms with Crippen LogP contribution in [0.1, 0.15) is 33.4 Å². The maximum atomic E-state index is 12.8. The quantitative estimate of drug-likeness (QED) is 0.560. The van der Waals surface area contributed by atoms with Gasteiger partial charge in [-0.15, -0.1) is 10.2 Å². The molecule has 1 atom stereocenters. The molecule has 0 saturated carbocycles.